The van der Waals surface area contributed by atoms with Gasteiger partial charge in [0.2, 0.25) is 0 Å². The molecule has 0 bridgehead atoms. The van der Waals surface area contributed by atoms with Crippen molar-refractivity contribution in [3.8, 4) is 0 Å². The van der Waals surface area contributed by atoms with Gasteiger partial charge in [-0.25, -0.2) is 4.79 Å². The van der Waals surface area contributed by atoms with Crippen LogP contribution < -0.4 is 15.4 Å². The standard InChI is InChI=1S/C9H16N4O3/c1-11(2)7-8-9(14)16-10-13(8)12-3-5-15-6-4-12/h3-7H2,1-2H3/p+1. The summed E-state index contributed by atoms with van der Waals surface area (Å²) < 4.78 is 10.1. The summed E-state index contributed by atoms with van der Waals surface area (Å²) in [4.78, 5) is 15.1. The Morgan fingerprint density at radius 3 is 2.75 bits per heavy atom. The van der Waals surface area contributed by atoms with Crippen LogP contribution in [0.1, 0.15) is 5.69 Å². The van der Waals surface area contributed by atoms with Crippen molar-refractivity contribution >= 4 is 0 Å². The molecule has 2 rings (SSSR count). The lowest BCUT2D eigenvalue weighted by molar-refractivity contribution is -0.766. The smallest absolute Gasteiger partial charge is 0.377 e. The van der Waals surface area contributed by atoms with Crippen LogP contribution in [-0.4, -0.2) is 50.6 Å². The Bertz CT molecular complexity index is 392. The second kappa shape index (κ2) is 4.67. The van der Waals surface area contributed by atoms with Crippen molar-refractivity contribution in [2.75, 3.05) is 45.4 Å². The van der Waals surface area contributed by atoms with Crippen LogP contribution in [-0.2, 0) is 11.3 Å². The van der Waals surface area contributed by atoms with Crippen molar-refractivity contribution < 1.29 is 14.1 Å². The lowest BCUT2D eigenvalue weighted by Crippen LogP contribution is -2.65. The van der Waals surface area contributed by atoms with Crippen molar-refractivity contribution in [2.24, 2.45) is 0 Å². The Kier molecular flexibility index (Phi) is 3.25. The van der Waals surface area contributed by atoms with Gasteiger partial charge in [-0.15, -0.1) is 0 Å². The van der Waals surface area contributed by atoms with E-state index >= 15 is 0 Å². The topological polar surface area (TPSA) is 65.6 Å². The number of nitrogens with zero attached hydrogens (tertiary/aromatic N) is 3. The third kappa shape index (κ3) is 2.25. The Morgan fingerprint density at radius 1 is 1.44 bits per heavy atom. The maximum Gasteiger partial charge on any atom is 0.434 e. The van der Waals surface area contributed by atoms with Gasteiger partial charge in [0.25, 0.3) is 0 Å². The molecule has 1 N–H and O–H groups in total. The molecule has 0 aromatic carbocycles. The van der Waals surface area contributed by atoms with Crippen molar-refractivity contribution in [2.45, 2.75) is 6.54 Å². The first-order valence-electron chi connectivity index (χ1n) is 5.28. The molecule has 0 spiro atoms. The van der Waals surface area contributed by atoms with Crippen LogP contribution in [0.15, 0.2) is 9.32 Å². The maximum absolute atomic E-state index is 11.5. The molecular formula is C9H17N4O3+. The summed E-state index contributed by atoms with van der Waals surface area (Å²) >= 11 is 0. The van der Waals surface area contributed by atoms with E-state index in [0.29, 0.717) is 25.5 Å². The number of H-pyrrole nitrogens is 1. The fourth-order valence-corrected chi connectivity index (χ4v) is 1.70. The maximum atomic E-state index is 11.5. The monoisotopic (exact) mass is 229 g/mol. The molecular weight excluding hydrogens is 212 g/mol. The number of aromatic amines is 1. The molecule has 90 valence electrons. The fourth-order valence-electron chi connectivity index (χ4n) is 1.70. The van der Waals surface area contributed by atoms with Crippen molar-refractivity contribution in [3.63, 3.8) is 0 Å². The molecule has 16 heavy (non-hydrogen) atoms. The van der Waals surface area contributed by atoms with E-state index in [1.165, 1.54) is 0 Å². The van der Waals surface area contributed by atoms with Gasteiger partial charge in [-0.1, -0.05) is 0 Å². The van der Waals surface area contributed by atoms with E-state index < -0.39 is 0 Å². The first kappa shape index (κ1) is 11.2. The number of hydrogen-bond donors (Lipinski definition) is 1. The fraction of sp³-hybridized carbons (Fsp3) is 0.778. The van der Waals surface area contributed by atoms with E-state index in [1.807, 2.05) is 24.0 Å². The quantitative estimate of drug-likeness (QED) is 0.625. The minimum absolute atomic E-state index is 0.319. The first-order valence-corrected chi connectivity index (χ1v) is 5.28. The van der Waals surface area contributed by atoms with Crippen LogP contribution in [0.25, 0.3) is 0 Å². The molecule has 1 aromatic rings. The van der Waals surface area contributed by atoms with Crippen molar-refractivity contribution in [1.82, 2.24) is 10.2 Å². The van der Waals surface area contributed by atoms with Crippen molar-refractivity contribution in [1.29, 1.82) is 0 Å². The number of nitrogens with one attached hydrogen (secondary N) is 1. The van der Waals surface area contributed by atoms with Crippen LogP contribution in [0.2, 0.25) is 0 Å². The number of hydrogen-bond acceptors (Lipinski definition) is 5. The third-order valence-electron chi connectivity index (χ3n) is 2.45. The molecule has 1 saturated heterocycles. The number of rotatable bonds is 3. The van der Waals surface area contributed by atoms with Gasteiger partial charge in [0.15, 0.2) is 0 Å². The number of ether oxygens (including phenoxy) is 1. The molecule has 1 aliphatic heterocycles. The lowest BCUT2D eigenvalue weighted by atomic mass is 10.4. The second-order valence-corrected chi connectivity index (χ2v) is 4.04. The highest BCUT2D eigenvalue weighted by molar-refractivity contribution is 4.85. The first-order chi connectivity index (χ1) is 7.68. The van der Waals surface area contributed by atoms with E-state index in [0.717, 1.165) is 13.1 Å². The Labute approximate surface area is 93.1 Å². The third-order valence-corrected chi connectivity index (χ3v) is 2.45. The summed E-state index contributed by atoms with van der Waals surface area (Å²) in [5.41, 5.74) is 0.284. The number of morpholine rings is 1. The predicted octanol–water partition coefficient (Wildman–Crippen LogP) is -1.71. The molecule has 1 fully saturated rings. The average molecular weight is 229 g/mol. The Morgan fingerprint density at radius 2 is 2.12 bits per heavy atom. The molecule has 0 aliphatic carbocycles. The Balaban J connectivity index is 2.22. The van der Waals surface area contributed by atoms with Gasteiger partial charge in [-0.05, 0) is 14.1 Å². The summed E-state index contributed by atoms with van der Waals surface area (Å²) in [6, 6.07) is 0. The van der Waals surface area contributed by atoms with Gasteiger partial charge in [-0.2, -0.15) is 5.01 Å². The molecule has 7 heteroatoms. The van der Waals surface area contributed by atoms with Crippen LogP contribution in [0.4, 0.5) is 0 Å². The second-order valence-electron chi connectivity index (χ2n) is 4.04. The normalized spacial score (nSPS) is 17.1. The zero-order valence-electron chi connectivity index (χ0n) is 9.60. The molecule has 0 amide bonds. The average Bonchev–Trinajstić information content (AvgIpc) is 2.61. The minimum Gasteiger partial charge on any atom is -0.377 e. The molecule has 1 aromatic heterocycles. The molecule has 1 aliphatic rings. The molecule has 7 nitrogen and oxygen atoms in total. The predicted molar refractivity (Wildman–Crippen MR) is 55.7 cm³/mol. The van der Waals surface area contributed by atoms with Gasteiger partial charge in [0.1, 0.15) is 0 Å². The molecule has 2 heterocycles. The Hall–Kier alpha value is -1.34. The highest BCUT2D eigenvalue weighted by Crippen LogP contribution is 1.93. The van der Waals surface area contributed by atoms with Gasteiger partial charge in [0.05, 0.1) is 32.8 Å². The van der Waals surface area contributed by atoms with Gasteiger partial charge < -0.3 is 4.74 Å². The SMILES string of the molecule is CN(C)Cc1c(=O)o[nH][n+]1N1CCOCC1. The summed E-state index contributed by atoms with van der Waals surface area (Å²) in [5.74, 6) is 0. The van der Waals surface area contributed by atoms with E-state index in [1.54, 1.807) is 4.79 Å². The minimum atomic E-state index is -0.319. The van der Waals surface area contributed by atoms with Gasteiger partial charge >= 0.3 is 11.3 Å². The molecule has 0 radical (unpaired) electrons. The van der Waals surface area contributed by atoms with Gasteiger partial charge in [0, 0.05) is 10.1 Å². The summed E-state index contributed by atoms with van der Waals surface area (Å²) in [6.45, 7) is 3.38. The van der Waals surface area contributed by atoms with Crippen LogP contribution >= 0.6 is 0 Å². The molecule has 0 atom stereocenters. The molecule has 0 unspecified atom stereocenters. The van der Waals surface area contributed by atoms with Crippen LogP contribution in [0.5, 0.6) is 0 Å². The van der Waals surface area contributed by atoms with Crippen molar-refractivity contribution in [3.05, 3.63) is 16.1 Å². The zero-order valence-corrected chi connectivity index (χ0v) is 9.60. The van der Waals surface area contributed by atoms with E-state index in [-0.39, 0.29) is 5.63 Å². The summed E-state index contributed by atoms with van der Waals surface area (Å²) in [5, 5.41) is 4.63. The van der Waals surface area contributed by atoms with E-state index in [9.17, 15) is 4.79 Å². The largest absolute Gasteiger partial charge is 0.434 e. The van der Waals surface area contributed by atoms with Crippen LogP contribution in [0, 0.1) is 0 Å². The lowest BCUT2D eigenvalue weighted by Gasteiger charge is -2.20. The van der Waals surface area contributed by atoms with Gasteiger partial charge in [-0.3, -0.25) is 9.42 Å². The van der Waals surface area contributed by atoms with Crippen LogP contribution in [0.3, 0.4) is 0 Å². The summed E-state index contributed by atoms with van der Waals surface area (Å²) in [6.07, 6.45) is 0. The van der Waals surface area contributed by atoms with E-state index in [4.69, 9.17) is 9.26 Å². The highest BCUT2D eigenvalue weighted by atomic mass is 16.5. The van der Waals surface area contributed by atoms with E-state index in [2.05, 4.69) is 5.27 Å². The summed E-state index contributed by atoms with van der Waals surface area (Å²) in [7, 11) is 3.83. The number of aromatic nitrogens is 2. The molecule has 0 saturated carbocycles. The highest BCUT2D eigenvalue weighted by Gasteiger charge is 2.28. The zero-order chi connectivity index (χ0) is 11.5.